The molecule has 4 N–H and O–H groups in total. The van der Waals surface area contributed by atoms with Gasteiger partial charge in [0, 0.05) is 26.2 Å². The number of primary amides is 1. The van der Waals surface area contributed by atoms with Crippen LogP contribution >= 0.6 is 0 Å². The maximum absolute atomic E-state index is 12.9. The molecule has 7 heteroatoms. The molecule has 0 bridgehead atoms. The first-order valence-corrected chi connectivity index (χ1v) is 9.96. The molecule has 2 heterocycles. The fourth-order valence-corrected chi connectivity index (χ4v) is 4.21. The lowest BCUT2D eigenvalue weighted by Gasteiger charge is -2.23. The number of rotatable bonds is 6. The molecule has 0 spiro atoms. The second kappa shape index (κ2) is 8.53. The zero-order chi connectivity index (χ0) is 20.2. The number of benzene rings is 2. The Labute approximate surface area is 170 Å². The molecule has 3 atom stereocenters. The second-order valence-corrected chi connectivity index (χ2v) is 7.73. The number of hydrogen-bond acceptors (Lipinski definition) is 4. The van der Waals surface area contributed by atoms with Crippen molar-refractivity contribution in [2.45, 2.75) is 12.5 Å². The van der Waals surface area contributed by atoms with Crippen molar-refractivity contribution in [3.8, 4) is 11.5 Å². The van der Waals surface area contributed by atoms with Crippen molar-refractivity contribution in [2.75, 3.05) is 26.2 Å². The number of fused-ring (bicyclic) bond motifs is 1. The Hall–Kier alpha value is -3.06. The van der Waals surface area contributed by atoms with E-state index in [1.54, 1.807) is 0 Å². The molecule has 2 saturated heterocycles. The minimum Gasteiger partial charge on any atom is -0.457 e. The molecular formula is C22H26N4O3. The number of carbonyl (C=O) groups excluding carboxylic acids is 2. The fraction of sp³-hybridized carbons (Fsp3) is 0.364. The van der Waals surface area contributed by atoms with Gasteiger partial charge in [0.2, 0.25) is 5.91 Å². The highest BCUT2D eigenvalue weighted by atomic mass is 16.5. The highest BCUT2D eigenvalue weighted by Crippen LogP contribution is 2.29. The van der Waals surface area contributed by atoms with Crippen LogP contribution in [-0.4, -0.2) is 43.0 Å². The number of para-hydroxylation sites is 1. The zero-order valence-corrected chi connectivity index (χ0v) is 16.2. The largest absolute Gasteiger partial charge is 0.457 e. The molecule has 7 nitrogen and oxygen atoms in total. The molecule has 2 aromatic rings. The van der Waals surface area contributed by atoms with Gasteiger partial charge in [0.1, 0.15) is 11.5 Å². The Morgan fingerprint density at radius 1 is 1.07 bits per heavy atom. The molecule has 0 aliphatic carbocycles. The highest BCUT2D eigenvalue weighted by Gasteiger charge is 2.38. The zero-order valence-electron chi connectivity index (χ0n) is 16.2. The minimum atomic E-state index is -0.653. The van der Waals surface area contributed by atoms with E-state index in [-0.39, 0.29) is 12.3 Å². The Balaban J connectivity index is 1.47. The molecule has 0 saturated carbocycles. The summed E-state index contributed by atoms with van der Waals surface area (Å²) < 4.78 is 5.88. The topological polar surface area (TPSA) is 96.7 Å². The van der Waals surface area contributed by atoms with Crippen LogP contribution in [0.2, 0.25) is 0 Å². The number of nitrogens with one attached hydrogen (secondary N) is 2. The SMILES string of the molecule is NC(=O)NC(CC(=O)N1C[C@H]2CNC[C@H]2C1)c1cccc(Oc2ccccc2)c1. The van der Waals surface area contributed by atoms with Crippen molar-refractivity contribution in [1.82, 2.24) is 15.5 Å². The summed E-state index contributed by atoms with van der Waals surface area (Å²) in [5.74, 6) is 2.46. The van der Waals surface area contributed by atoms with Gasteiger partial charge in [0.25, 0.3) is 0 Å². The number of nitrogens with zero attached hydrogens (tertiary/aromatic N) is 1. The molecule has 152 valence electrons. The predicted molar refractivity (Wildman–Crippen MR) is 109 cm³/mol. The molecule has 3 amide bonds. The molecule has 2 aliphatic rings. The van der Waals surface area contributed by atoms with E-state index in [1.165, 1.54) is 0 Å². The second-order valence-electron chi connectivity index (χ2n) is 7.73. The standard InChI is InChI=1S/C22H26N4O3/c23-22(28)25-20(10-21(27)26-13-16-11-24-12-17(16)14-26)15-5-4-8-19(9-15)29-18-6-2-1-3-7-18/h1-9,16-17,20,24H,10-14H2,(H3,23,25,28)/t16-,17+,20?. The summed E-state index contributed by atoms with van der Waals surface area (Å²) >= 11 is 0. The van der Waals surface area contributed by atoms with Gasteiger partial charge in [0.05, 0.1) is 12.5 Å². The van der Waals surface area contributed by atoms with E-state index in [0.29, 0.717) is 17.6 Å². The van der Waals surface area contributed by atoms with E-state index in [9.17, 15) is 9.59 Å². The molecule has 2 aliphatic heterocycles. The van der Waals surface area contributed by atoms with Crippen LogP contribution in [0.5, 0.6) is 11.5 Å². The average Bonchev–Trinajstić information content (AvgIpc) is 3.30. The van der Waals surface area contributed by atoms with Crippen molar-refractivity contribution in [2.24, 2.45) is 17.6 Å². The Morgan fingerprint density at radius 2 is 1.76 bits per heavy atom. The third-order valence-electron chi connectivity index (χ3n) is 5.68. The van der Waals surface area contributed by atoms with Gasteiger partial charge in [-0.25, -0.2) is 4.79 Å². The predicted octanol–water partition coefficient (Wildman–Crippen LogP) is 2.26. The van der Waals surface area contributed by atoms with E-state index < -0.39 is 12.1 Å². The van der Waals surface area contributed by atoms with Gasteiger partial charge in [-0.15, -0.1) is 0 Å². The van der Waals surface area contributed by atoms with E-state index in [0.717, 1.165) is 37.5 Å². The molecule has 2 fully saturated rings. The first-order chi connectivity index (χ1) is 14.1. The third-order valence-corrected chi connectivity index (χ3v) is 5.68. The van der Waals surface area contributed by atoms with Gasteiger partial charge in [0.15, 0.2) is 0 Å². The van der Waals surface area contributed by atoms with E-state index >= 15 is 0 Å². The minimum absolute atomic E-state index is 0.0348. The summed E-state index contributed by atoms with van der Waals surface area (Å²) in [6.45, 7) is 3.49. The first-order valence-electron chi connectivity index (χ1n) is 9.96. The monoisotopic (exact) mass is 394 g/mol. The fourth-order valence-electron chi connectivity index (χ4n) is 4.21. The van der Waals surface area contributed by atoms with Crippen LogP contribution in [0.4, 0.5) is 4.79 Å². The summed E-state index contributed by atoms with van der Waals surface area (Å²) in [7, 11) is 0. The number of urea groups is 1. The van der Waals surface area contributed by atoms with Crippen molar-refractivity contribution < 1.29 is 14.3 Å². The summed E-state index contributed by atoms with van der Waals surface area (Å²) in [5.41, 5.74) is 6.17. The van der Waals surface area contributed by atoms with Crippen LogP contribution in [-0.2, 0) is 4.79 Å². The molecule has 0 aromatic heterocycles. The maximum Gasteiger partial charge on any atom is 0.312 e. The molecule has 4 rings (SSSR count). The van der Waals surface area contributed by atoms with Crippen LogP contribution in [0.15, 0.2) is 54.6 Å². The number of nitrogens with two attached hydrogens (primary N) is 1. The van der Waals surface area contributed by atoms with Gasteiger partial charge in [-0.05, 0) is 41.7 Å². The van der Waals surface area contributed by atoms with Crippen molar-refractivity contribution in [3.05, 3.63) is 60.2 Å². The summed E-state index contributed by atoms with van der Waals surface area (Å²) in [4.78, 5) is 26.4. The summed E-state index contributed by atoms with van der Waals surface area (Å²) in [5, 5.41) is 6.09. The smallest absolute Gasteiger partial charge is 0.312 e. The van der Waals surface area contributed by atoms with Crippen LogP contribution < -0.4 is 21.1 Å². The Morgan fingerprint density at radius 3 is 2.45 bits per heavy atom. The van der Waals surface area contributed by atoms with Crippen molar-refractivity contribution >= 4 is 11.9 Å². The van der Waals surface area contributed by atoms with Crippen molar-refractivity contribution in [3.63, 3.8) is 0 Å². The third kappa shape index (κ3) is 4.68. The first kappa shape index (κ1) is 19.3. The highest BCUT2D eigenvalue weighted by molar-refractivity contribution is 5.79. The summed E-state index contributed by atoms with van der Waals surface area (Å²) in [6, 6.07) is 15.7. The number of carbonyl (C=O) groups is 2. The number of hydrogen-bond donors (Lipinski definition) is 3. The number of amides is 3. The van der Waals surface area contributed by atoms with Gasteiger partial charge in [-0.3, -0.25) is 4.79 Å². The Bertz CT molecular complexity index is 861. The lowest BCUT2D eigenvalue weighted by atomic mass is 10.0. The molecule has 2 aromatic carbocycles. The molecular weight excluding hydrogens is 368 g/mol. The Kier molecular flexibility index (Phi) is 5.67. The van der Waals surface area contributed by atoms with Gasteiger partial charge in [-0.1, -0.05) is 30.3 Å². The maximum atomic E-state index is 12.9. The van der Waals surface area contributed by atoms with E-state index in [2.05, 4.69) is 10.6 Å². The van der Waals surface area contributed by atoms with E-state index in [1.807, 2.05) is 59.5 Å². The van der Waals surface area contributed by atoms with Crippen LogP contribution in [0, 0.1) is 11.8 Å². The van der Waals surface area contributed by atoms with Crippen LogP contribution in [0.25, 0.3) is 0 Å². The molecule has 1 unspecified atom stereocenters. The molecule has 29 heavy (non-hydrogen) atoms. The van der Waals surface area contributed by atoms with Gasteiger partial charge in [-0.2, -0.15) is 0 Å². The van der Waals surface area contributed by atoms with Gasteiger partial charge >= 0.3 is 6.03 Å². The lowest BCUT2D eigenvalue weighted by molar-refractivity contribution is -0.130. The molecule has 0 radical (unpaired) electrons. The average molecular weight is 394 g/mol. The number of ether oxygens (including phenoxy) is 1. The number of likely N-dealkylation sites (tertiary alicyclic amines) is 1. The lowest BCUT2D eigenvalue weighted by Crippen LogP contribution is -2.38. The quantitative estimate of drug-likeness (QED) is 0.700. The van der Waals surface area contributed by atoms with Gasteiger partial charge < -0.3 is 26.0 Å². The summed E-state index contributed by atoms with van der Waals surface area (Å²) in [6.07, 6.45) is 0.171. The van der Waals surface area contributed by atoms with Crippen LogP contribution in [0.1, 0.15) is 18.0 Å². The van der Waals surface area contributed by atoms with Crippen LogP contribution in [0.3, 0.4) is 0 Å². The normalized spacial score (nSPS) is 21.4. The van der Waals surface area contributed by atoms with E-state index in [4.69, 9.17) is 10.5 Å². The van der Waals surface area contributed by atoms with Crippen molar-refractivity contribution in [1.29, 1.82) is 0 Å².